The standard InChI is InChI=1S/C13H23N5O/c1-10(2)18-9-16-17-11(18)8-15-12(19)13(14)6-4-3-5-7-13/h9-10H,3-8,14H2,1-2H3,(H,15,19). The molecule has 1 saturated carbocycles. The fraction of sp³-hybridized carbons (Fsp3) is 0.769. The highest BCUT2D eigenvalue weighted by atomic mass is 16.2. The zero-order chi connectivity index (χ0) is 13.9. The number of hydrogen-bond donors (Lipinski definition) is 2. The molecule has 1 aliphatic rings. The largest absolute Gasteiger partial charge is 0.347 e. The SMILES string of the molecule is CC(C)n1cnnc1CNC(=O)C1(N)CCCCC1. The van der Waals surface area contributed by atoms with Crippen LogP contribution in [0, 0.1) is 0 Å². The van der Waals surface area contributed by atoms with Gasteiger partial charge in [-0.3, -0.25) is 4.79 Å². The van der Waals surface area contributed by atoms with Crippen LogP contribution in [0.2, 0.25) is 0 Å². The maximum Gasteiger partial charge on any atom is 0.240 e. The van der Waals surface area contributed by atoms with E-state index >= 15 is 0 Å². The summed E-state index contributed by atoms with van der Waals surface area (Å²) in [5.41, 5.74) is 5.49. The lowest BCUT2D eigenvalue weighted by molar-refractivity contribution is -0.127. The Labute approximate surface area is 113 Å². The van der Waals surface area contributed by atoms with Crippen molar-refractivity contribution in [2.45, 2.75) is 64.1 Å². The van der Waals surface area contributed by atoms with E-state index in [1.807, 2.05) is 4.57 Å². The Kier molecular flexibility index (Phi) is 4.19. The molecule has 2 rings (SSSR count). The summed E-state index contributed by atoms with van der Waals surface area (Å²) in [4.78, 5) is 12.2. The van der Waals surface area contributed by atoms with E-state index in [0.29, 0.717) is 6.54 Å². The van der Waals surface area contributed by atoms with E-state index in [-0.39, 0.29) is 11.9 Å². The maximum atomic E-state index is 12.2. The summed E-state index contributed by atoms with van der Waals surface area (Å²) in [7, 11) is 0. The molecular formula is C13H23N5O. The number of rotatable bonds is 4. The molecule has 0 unspecified atom stereocenters. The van der Waals surface area contributed by atoms with Crippen LogP contribution in [-0.2, 0) is 11.3 Å². The van der Waals surface area contributed by atoms with Crippen LogP contribution in [0.25, 0.3) is 0 Å². The molecule has 1 aromatic rings. The van der Waals surface area contributed by atoms with Gasteiger partial charge >= 0.3 is 0 Å². The number of nitrogens with one attached hydrogen (secondary N) is 1. The first-order valence-corrected chi connectivity index (χ1v) is 6.98. The predicted octanol–water partition coefficient (Wildman–Crippen LogP) is 1.14. The third-order valence-electron chi connectivity index (χ3n) is 3.81. The zero-order valence-corrected chi connectivity index (χ0v) is 11.7. The number of nitrogens with two attached hydrogens (primary N) is 1. The molecule has 1 aromatic heterocycles. The van der Waals surface area contributed by atoms with Gasteiger partial charge in [-0.05, 0) is 26.7 Å². The molecule has 0 bridgehead atoms. The molecule has 106 valence electrons. The molecule has 1 aliphatic carbocycles. The number of carbonyl (C=O) groups is 1. The Morgan fingerprint density at radius 3 is 2.79 bits per heavy atom. The van der Waals surface area contributed by atoms with Gasteiger partial charge in [-0.1, -0.05) is 19.3 Å². The molecule has 6 heteroatoms. The monoisotopic (exact) mass is 265 g/mol. The average molecular weight is 265 g/mol. The van der Waals surface area contributed by atoms with Gasteiger partial charge in [0.25, 0.3) is 0 Å². The third kappa shape index (κ3) is 3.12. The van der Waals surface area contributed by atoms with E-state index in [0.717, 1.165) is 31.5 Å². The smallest absolute Gasteiger partial charge is 0.240 e. The fourth-order valence-corrected chi connectivity index (χ4v) is 2.57. The summed E-state index contributed by atoms with van der Waals surface area (Å²) in [6, 6.07) is 0.281. The Balaban J connectivity index is 1.94. The number of nitrogens with zero attached hydrogens (tertiary/aromatic N) is 3. The molecule has 1 amide bonds. The van der Waals surface area contributed by atoms with Crippen LogP contribution in [0.15, 0.2) is 6.33 Å². The van der Waals surface area contributed by atoms with Crippen molar-refractivity contribution in [3.63, 3.8) is 0 Å². The van der Waals surface area contributed by atoms with E-state index in [1.54, 1.807) is 6.33 Å². The summed E-state index contributed by atoms with van der Waals surface area (Å²) in [5.74, 6) is 0.702. The minimum absolute atomic E-state index is 0.0643. The van der Waals surface area contributed by atoms with E-state index in [9.17, 15) is 4.79 Å². The first kappa shape index (κ1) is 14.0. The van der Waals surface area contributed by atoms with Crippen molar-refractivity contribution in [2.24, 2.45) is 5.73 Å². The summed E-state index contributed by atoms with van der Waals surface area (Å²) < 4.78 is 1.95. The molecule has 0 saturated heterocycles. The topological polar surface area (TPSA) is 85.8 Å². The first-order chi connectivity index (χ1) is 9.03. The van der Waals surface area contributed by atoms with Gasteiger partial charge in [0, 0.05) is 6.04 Å². The molecule has 0 spiro atoms. The van der Waals surface area contributed by atoms with Crippen LogP contribution in [0.4, 0.5) is 0 Å². The maximum absolute atomic E-state index is 12.2. The van der Waals surface area contributed by atoms with Gasteiger partial charge in [-0.25, -0.2) is 0 Å². The molecular weight excluding hydrogens is 242 g/mol. The third-order valence-corrected chi connectivity index (χ3v) is 3.81. The molecule has 0 aromatic carbocycles. The second kappa shape index (κ2) is 5.69. The van der Waals surface area contributed by atoms with Gasteiger partial charge < -0.3 is 15.6 Å². The van der Waals surface area contributed by atoms with Crippen LogP contribution >= 0.6 is 0 Å². The quantitative estimate of drug-likeness (QED) is 0.854. The van der Waals surface area contributed by atoms with E-state index in [1.165, 1.54) is 6.42 Å². The van der Waals surface area contributed by atoms with E-state index in [4.69, 9.17) is 5.73 Å². The predicted molar refractivity (Wildman–Crippen MR) is 72.3 cm³/mol. The summed E-state index contributed by atoms with van der Waals surface area (Å²) in [6.07, 6.45) is 6.47. The van der Waals surface area contributed by atoms with Crippen LogP contribution < -0.4 is 11.1 Å². The minimum Gasteiger partial charge on any atom is -0.347 e. The molecule has 0 aliphatic heterocycles. The van der Waals surface area contributed by atoms with Crippen molar-refractivity contribution in [2.75, 3.05) is 0 Å². The summed E-state index contributed by atoms with van der Waals surface area (Å²) in [5, 5.41) is 10.8. The van der Waals surface area contributed by atoms with Crippen LogP contribution in [-0.4, -0.2) is 26.2 Å². The van der Waals surface area contributed by atoms with Gasteiger partial charge in [0.05, 0.1) is 12.1 Å². The minimum atomic E-state index is -0.694. The van der Waals surface area contributed by atoms with Gasteiger partial charge in [0.2, 0.25) is 5.91 Å². The molecule has 1 fully saturated rings. The second-order valence-corrected chi connectivity index (χ2v) is 5.65. The van der Waals surface area contributed by atoms with Crippen molar-refractivity contribution in [1.29, 1.82) is 0 Å². The van der Waals surface area contributed by atoms with E-state index in [2.05, 4.69) is 29.4 Å². The summed E-state index contributed by atoms with van der Waals surface area (Å²) in [6.45, 7) is 4.50. The molecule has 0 radical (unpaired) electrons. The lowest BCUT2D eigenvalue weighted by atomic mass is 9.82. The zero-order valence-electron chi connectivity index (χ0n) is 11.7. The van der Waals surface area contributed by atoms with Crippen LogP contribution in [0.3, 0.4) is 0 Å². The molecule has 19 heavy (non-hydrogen) atoms. The molecule has 0 atom stereocenters. The van der Waals surface area contributed by atoms with Crippen molar-refractivity contribution >= 4 is 5.91 Å². The Morgan fingerprint density at radius 2 is 2.16 bits per heavy atom. The first-order valence-electron chi connectivity index (χ1n) is 6.98. The normalized spacial score (nSPS) is 18.5. The highest BCUT2D eigenvalue weighted by molar-refractivity contribution is 5.86. The van der Waals surface area contributed by atoms with Gasteiger partial charge in [-0.2, -0.15) is 0 Å². The van der Waals surface area contributed by atoms with Crippen molar-refractivity contribution in [3.05, 3.63) is 12.2 Å². The van der Waals surface area contributed by atoms with Crippen molar-refractivity contribution < 1.29 is 4.79 Å². The number of aromatic nitrogens is 3. The number of carbonyl (C=O) groups excluding carboxylic acids is 1. The van der Waals surface area contributed by atoms with Crippen molar-refractivity contribution in [3.8, 4) is 0 Å². The highest BCUT2D eigenvalue weighted by Gasteiger charge is 2.35. The Hall–Kier alpha value is -1.43. The number of amides is 1. The molecule has 3 N–H and O–H groups in total. The fourth-order valence-electron chi connectivity index (χ4n) is 2.57. The van der Waals surface area contributed by atoms with E-state index < -0.39 is 5.54 Å². The van der Waals surface area contributed by atoms with Crippen LogP contribution in [0.1, 0.15) is 57.8 Å². The number of hydrogen-bond acceptors (Lipinski definition) is 4. The highest BCUT2D eigenvalue weighted by Crippen LogP contribution is 2.26. The average Bonchev–Trinajstić information content (AvgIpc) is 2.85. The van der Waals surface area contributed by atoms with Gasteiger partial charge in [0.15, 0.2) is 5.82 Å². The lowest BCUT2D eigenvalue weighted by Gasteiger charge is -2.31. The van der Waals surface area contributed by atoms with Crippen molar-refractivity contribution in [1.82, 2.24) is 20.1 Å². The van der Waals surface area contributed by atoms with Crippen LogP contribution in [0.5, 0.6) is 0 Å². The Bertz CT molecular complexity index is 434. The molecule has 6 nitrogen and oxygen atoms in total. The molecule has 1 heterocycles. The Morgan fingerprint density at radius 1 is 1.47 bits per heavy atom. The second-order valence-electron chi connectivity index (χ2n) is 5.65. The lowest BCUT2D eigenvalue weighted by Crippen LogP contribution is -2.54. The van der Waals surface area contributed by atoms with Gasteiger partial charge in [-0.15, -0.1) is 10.2 Å². The summed E-state index contributed by atoms with van der Waals surface area (Å²) >= 11 is 0. The van der Waals surface area contributed by atoms with Gasteiger partial charge in [0.1, 0.15) is 6.33 Å².